The van der Waals surface area contributed by atoms with Gasteiger partial charge in [0.25, 0.3) is 0 Å². The van der Waals surface area contributed by atoms with Gasteiger partial charge in [0, 0.05) is 17.5 Å². The molecule has 4 aromatic rings. The van der Waals surface area contributed by atoms with Crippen LogP contribution in [-0.2, 0) is 22.8 Å². The largest absolute Gasteiger partial charge is 0.242 e. The third-order valence-electron chi connectivity index (χ3n) is 6.29. The van der Waals surface area contributed by atoms with Gasteiger partial charge in [-0.2, -0.15) is 0 Å². The van der Waals surface area contributed by atoms with Crippen LogP contribution in [0.3, 0.4) is 0 Å². The van der Waals surface area contributed by atoms with E-state index in [-0.39, 0.29) is 16.0 Å². The van der Waals surface area contributed by atoms with E-state index in [4.69, 9.17) is 4.98 Å². The molecule has 2 aromatic carbocycles. The summed E-state index contributed by atoms with van der Waals surface area (Å²) in [6, 6.07) is 19.9. The second kappa shape index (κ2) is 8.95. The maximum absolute atomic E-state index is 15.0. The van der Waals surface area contributed by atoms with Crippen LogP contribution in [0.4, 0.5) is 4.39 Å². The predicted molar refractivity (Wildman–Crippen MR) is 139 cm³/mol. The summed E-state index contributed by atoms with van der Waals surface area (Å²) in [5, 5.41) is 0.639. The summed E-state index contributed by atoms with van der Waals surface area (Å²) in [5.74, 6) is -0.295. The highest BCUT2D eigenvalue weighted by atomic mass is 32.2. The number of pyridine rings is 1. The van der Waals surface area contributed by atoms with Gasteiger partial charge in [0.2, 0.25) is 0 Å². The Hall–Kier alpha value is -2.48. The summed E-state index contributed by atoms with van der Waals surface area (Å²) in [7, 11) is -1.14. The molecule has 1 aliphatic rings. The normalized spacial score (nSPS) is 16.0. The van der Waals surface area contributed by atoms with Crippen molar-refractivity contribution in [3.63, 3.8) is 0 Å². The molecular weight excluding hydrogens is 465 g/mol. The van der Waals surface area contributed by atoms with Gasteiger partial charge >= 0.3 is 0 Å². The van der Waals surface area contributed by atoms with Crippen LogP contribution in [0.25, 0.3) is 20.9 Å². The van der Waals surface area contributed by atoms with Crippen LogP contribution in [0.2, 0.25) is 0 Å². The fourth-order valence-corrected chi connectivity index (χ4v) is 5.85. The highest BCUT2D eigenvalue weighted by Gasteiger charge is 2.47. The molecule has 0 bridgehead atoms. The topological polar surface area (TPSA) is 54.9 Å². The molecule has 1 fully saturated rings. The lowest BCUT2D eigenvalue weighted by atomic mass is 9.92. The molecule has 1 saturated carbocycles. The molecule has 5 rings (SSSR count). The molecule has 1 aliphatic carbocycles. The van der Waals surface area contributed by atoms with Crippen molar-refractivity contribution in [3.05, 3.63) is 83.3 Å². The maximum atomic E-state index is 15.0. The molecule has 4 nitrogen and oxygen atoms in total. The third kappa shape index (κ3) is 4.57. The Morgan fingerprint density at radius 1 is 1.06 bits per heavy atom. The summed E-state index contributed by atoms with van der Waals surface area (Å²) >= 11 is 1.43. The smallest absolute Gasteiger partial charge is 0.144 e. The van der Waals surface area contributed by atoms with Crippen molar-refractivity contribution in [2.45, 2.75) is 50.2 Å². The van der Waals surface area contributed by atoms with Crippen molar-refractivity contribution in [1.29, 1.82) is 0 Å². The molecule has 34 heavy (non-hydrogen) atoms. The zero-order valence-electron chi connectivity index (χ0n) is 19.6. The van der Waals surface area contributed by atoms with E-state index >= 15 is 4.39 Å². The SMILES string of the molecule is CC(C)(C)S(=O)NCCc1ccc(-c2nc3ccc(C4(c5ccccc5)CC4)nc3s2)c(F)c1. The molecule has 0 aliphatic heterocycles. The molecule has 2 heterocycles. The van der Waals surface area contributed by atoms with Crippen LogP contribution in [-0.4, -0.2) is 25.5 Å². The number of hydrogen-bond acceptors (Lipinski definition) is 4. The van der Waals surface area contributed by atoms with E-state index < -0.39 is 11.0 Å². The van der Waals surface area contributed by atoms with Crippen LogP contribution >= 0.6 is 11.3 Å². The van der Waals surface area contributed by atoms with Gasteiger partial charge in [-0.05, 0) is 75.4 Å². The summed E-state index contributed by atoms with van der Waals surface area (Å²) in [4.78, 5) is 10.5. The van der Waals surface area contributed by atoms with Gasteiger partial charge in [0.05, 0.1) is 21.4 Å². The minimum absolute atomic E-state index is 0.00278. The molecular formula is C27H28FN3OS2. The van der Waals surface area contributed by atoms with Crippen molar-refractivity contribution in [2.75, 3.05) is 6.54 Å². The van der Waals surface area contributed by atoms with Crippen LogP contribution < -0.4 is 4.72 Å². The van der Waals surface area contributed by atoms with Crippen molar-refractivity contribution < 1.29 is 8.60 Å². The van der Waals surface area contributed by atoms with Gasteiger partial charge < -0.3 is 0 Å². The van der Waals surface area contributed by atoms with Crippen LogP contribution in [0, 0.1) is 5.82 Å². The minimum Gasteiger partial charge on any atom is -0.242 e. The fraction of sp³-hybridized carbons (Fsp3) is 0.333. The fourth-order valence-electron chi connectivity index (χ4n) is 4.17. The van der Waals surface area contributed by atoms with Crippen LogP contribution in [0.1, 0.15) is 50.4 Å². The number of nitrogens with one attached hydrogen (secondary N) is 1. The minimum atomic E-state index is -1.14. The molecule has 0 saturated heterocycles. The Balaban J connectivity index is 1.35. The lowest BCUT2D eigenvalue weighted by Crippen LogP contribution is -2.34. The number of halogens is 1. The van der Waals surface area contributed by atoms with Crippen molar-refractivity contribution in [1.82, 2.24) is 14.7 Å². The first kappa shape index (κ1) is 23.3. The zero-order valence-corrected chi connectivity index (χ0v) is 21.2. The van der Waals surface area contributed by atoms with E-state index in [0.29, 0.717) is 23.5 Å². The molecule has 0 spiro atoms. The van der Waals surface area contributed by atoms with Gasteiger partial charge in [0.15, 0.2) is 0 Å². The number of nitrogens with zero attached hydrogens (tertiary/aromatic N) is 2. The average molecular weight is 494 g/mol. The Kier molecular flexibility index (Phi) is 6.12. The molecule has 1 unspecified atom stereocenters. The summed E-state index contributed by atoms with van der Waals surface area (Å²) in [6.07, 6.45) is 2.79. The number of rotatable bonds is 7. The van der Waals surface area contributed by atoms with Crippen molar-refractivity contribution in [3.8, 4) is 10.6 Å². The highest BCUT2D eigenvalue weighted by molar-refractivity contribution is 7.84. The highest BCUT2D eigenvalue weighted by Crippen LogP contribution is 2.53. The molecule has 0 radical (unpaired) electrons. The predicted octanol–water partition coefficient (Wildman–Crippen LogP) is 6.17. The Bertz CT molecular complexity index is 1360. The Labute approximate surface area is 206 Å². The van der Waals surface area contributed by atoms with Gasteiger partial charge in [-0.25, -0.2) is 23.3 Å². The number of thiazole rings is 1. The molecule has 176 valence electrons. The maximum Gasteiger partial charge on any atom is 0.144 e. The second-order valence-electron chi connectivity index (χ2n) is 9.83. The van der Waals surface area contributed by atoms with Gasteiger partial charge in [0.1, 0.15) is 21.2 Å². The van der Waals surface area contributed by atoms with Crippen molar-refractivity contribution in [2.24, 2.45) is 0 Å². The molecule has 7 heteroatoms. The Morgan fingerprint density at radius 3 is 2.50 bits per heavy atom. The molecule has 0 amide bonds. The van der Waals surface area contributed by atoms with Gasteiger partial charge in [-0.15, -0.1) is 0 Å². The standard InChI is InChI=1S/C27H28FN3OS2/c1-26(2,3)34(32)29-16-13-18-9-10-20(21(28)17-18)24-30-22-11-12-23(31-25(22)33-24)27(14-15-27)19-7-5-4-6-8-19/h4-12,17,29H,13-16H2,1-3H3. The molecule has 2 aromatic heterocycles. The van der Waals surface area contributed by atoms with E-state index in [2.05, 4.69) is 40.0 Å². The Morgan fingerprint density at radius 2 is 1.82 bits per heavy atom. The number of fused-ring (bicyclic) bond motifs is 1. The third-order valence-corrected chi connectivity index (χ3v) is 8.87. The number of benzene rings is 2. The van der Waals surface area contributed by atoms with Crippen LogP contribution in [0.5, 0.6) is 0 Å². The lowest BCUT2D eigenvalue weighted by molar-refractivity contribution is 0.626. The van der Waals surface area contributed by atoms with E-state index in [0.717, 1.165) is 34.4 Å². The zero-order chi connectivity index (χ0) is 23.9. The van der Waals surface area contributed by atoms with E-state index in [1.54, 1.807) is 12.1 Å². The first-order chi connectivity index (χ1) is 16.3. The average Bonchev–Trinajstić information content (AvgIpc) is 3.52. The van der Waals surface area contributed by atoms with Crippen molar-refractivity contribution >= 4 is 32.7 Å². The lowest BCUT2D eigenvalue weighted by Gasteiger charge is -2.18. The number of aromatic nitrogens is 2. The first-order valence-electron chi connectivity index (χ1n) is 11.5. The summed E-state index contributed by atoms with van der Waals surface area (Å²) in [5.41, 5.74) is 4.51. The summed E-state index contributed by atoms with van der Waals surface area (Å²) < 4.78 is 29.8. The van der Waals surface area contributed by atoms with Gasteiger partial charge in [-0.3, -0.25) is 0 Å². The van der Waals surface area contributed by atoms with E-state index in [9.17, 15) is 4.21 Å². The molecule has 1 atom stereocenters. The van der Waals surface area contributed by atoms with Crippen LogP contribution in [0.15, 0.2) is 60.7 Å². The summed E-state index contributed by atoms with van der Waals surface area (Å²) in [6.45, 7) is 6.30. The van der Waals surface area contributed by atoms with Gasteiger partial charge in [-0.1, -0.05) is 47.7 Å². The second-order valence-corrected chi connectivity index (χ2v) is 12.9. The monoisotopic (exact) mass is 493 g/mol. The first-order valence-corrected chi connectivity index (χ1v) is 13.5. The quantitative estimate of drug-likeness (QED) is 0.335. The van der Waals surface area contributed by atoms with E-state index in [1.165, 1.54) is 16.9 Å². The molecule has 1 N–H and O–H groups in total. The van der Waals surface area contributed by atoms with E-state index in [1.807, 2.05) is 39.0 Å². The number of hydrogen-bond donors (Lipinski definition) is 1.